The Morgan fingerprint density at radius 2 is 1.93 bits per heavy atom. The molecule has 0 aromatic heterocycles. The van der Waals surface area contributed by atoms with E-state index < -0.39 is 23.3 Å². The summed E-state index contributed by atoms with van der Waals surface area (Å²) in [5.74, 6) is -1.11. The lowest BCUT2D eigenvalue weighted by atomic mass is 10.1. The number of esters is 1. The van der Waals surface area contributed by atoms with Crippen molar-refractivity contribution in [1.29, 1.82) is 0 Å². The molecule has 0 radical (unpaired) electrons. The lowest BCUT2D eigenvalue weighted by molar-refractivity contribution is -0.151. The van der Waals surface area contributed by atoms with Crippen LogP contribution in [0.4, 0.5) is 0 Å². The van der Waals surface area contributed by atoms with Gasteiger partial charge in [0.1, 0.15) is 12.1 Å². The fraction of sp³-hybridized carbons (Fsp3) is 0.524. The van der Waals surface area contributed by atoms with Crippen LogP contribution in [0.25, 0.3) is 0 Å². The number of methoxy groups -OCH3 is 1. The predicted octanol–water partition coefficient (Wildman–Crippen LogP) is 1.94. The molecule has 8 heteroatoms. The average molecular weight is 421 g/mol. The normalized spacial score (nSPS) is 18.0. The summed E-state index contributed by atoms with van der Waals surface area (Å²) < 4.78 is 4.77. The molecule has 1 saturated heterocycles. The molecule has 0 aliphatic carbocycles. The van der Waals surface area contributed by atoms with Gasteiger partial charge in [0, 0.05) is 13.5 Å². The van der Waals surface area contributed by atoms with Gasteiger partial charge >= 0.3 is 5.97 Å². The van der Waals surface area contributed by atoms with Gasteiger partial charge in [-0.25, -0.2) is 4.79 Å². The van der Waals surface area contributed by atoms with Crippen LogP contribution in [0.1, 0.15) is 38.7 Å². The highest BCUT2D eigenvalue weighted by Crippen LogP contribution is 2.21. The second-order valence-electron chi connectivity index (χ2n) is 7.07. The van der Waals surface area contributed by atoms with Gasteiger partial charge < -0.3 is 15.0 Å². The van der Waals surface area contributed by atoms with E-state index in [1.807, 2.05) is 30.3 Å². The van der Waals surface area contributed by atoms with Crippen molar-refractivity contribution in [1.82, 2.24) is 10.2 Å². The number of hydrogen-bond donors (Lipinski definition) is 1. The summed E-state index contributed by atoms with van der Waals surface area (Å²) >= 11 is 0.972. The van der Waals surface area contributed by atoms with E-state index >= 15 is 0 Å². The van der Waals surface area contributed by atoms with Crippen molar-refractivity contribution >= 4 is 34.7 Å². The van der Waals surface area contributed by atoms with Crippen LogP contribution >= 0.6 is 11.8 Å². The van der Waals surface area contributed by atoms with E-state index in [1.54, 1.807) is 6.92 Å². The predicted molar refractivity (Wildman–Crippen MR) is 111 cm³/mol. The molecule has 1 aromatic carbocycles. The van der Waals surface area contributed by atoms with Crippen LogP contribution in [0.2, 0.25) is 0 Å². The molecule has 1 N–H and O–H groups in total. The van der Waals surface area contributed by atoms with E-state index in [1.165, 1.54) is 18.9 Å². The molecule has 1 aliphatic rings. The second kappa shape index (κ2) is 11.0. The number of ether oxygens (including phenoxy) is 1. The SMILES string of the molecule is COC(=O)[C@@H]1CCCN1C(=O)[C@H](C)NC(=O)[C@@H](CCc1ccccc1)SC(C)=O. The van der Waals surface area contributed by atoms with E-state index in [2.05, 4.69) is 5.32 Å². The number of aryl methyl sites for hydroxylation is 1. The number of benzene rings is 1. The molecule has 158 valence electrons. The van der Waals surface area contributed by atoms with Crippen LogP contribution in [-0.2, 0) is 30.3 Å². The molecule has 1 aliphatic heterocycles. The second-order valence-corrected chi connectivity index (χ2v) is 8.45. The number of rotatable bonds is 8. The topological polar surface area (TPSA) is 92.8 Å². The van der Waals surface area contributed by atoms with Gasteiger partial charge in [-0.3, -0.25) is 14.4 Å². The van der Waals surface area contributed by atoms with E-state index in [0.29, 0.717) is 32.2 Å². The number of thioether (sulfide) groups is 1. The van der Waals surface area contributed by atoms with Crippen molar-refractivity contribution in [3.05, 3.63) is 35.9 Å². The lowest BCUT2D eigenvalue weighted by Crippen LogP contribution is -2.52. The van der Waals surface area contributed by atoms with Crippen molar-refractivity contribution in [3.63, 3.8) is 0 Å². The van der Waals surface area contributed by atoms with Crippen LogP contribution in [0, 0.1) is 0 Å². The average Bonchev–Trinajstić information content (AvgIpc) is 3.20. The minimum Gasteiger partial charge on any atom is -0.467 e. The van der Waals surface area contributed by atoms with Gasteiger partial charge in [0.25, 0.3) is 0 Å². The van der Waals surface area contributed by atoms with E-state index in [9.17, 15) is 19.2 Å². The van der Waals surface area contributed by atoms with Crippen LogP contribution in [0.5, 0.6) is 0 Å². The van der Waals surface area contributed by atoms with E-state index in [0.717, 1.165) is 17.3 Å². The summed E-state index contributed by atoms with van der Waals surface area (Å²) in [6, 6.07) is 8.32. The van der Waals surface area contributed by atoms with Gasteiger partial charge in [0.2, 0.25) is 11.8 Å². The number of amides is 2. The third-order valence-corrected chi connectivity index (χ3v) is 5.94. The number of nitrogens with one attached hydrogen (secondary N) is 1. The highest BCUT2D eigenvalue weighted by atomic mass is 32.2. The molecule has 0 saturated carbocycles. The van der Waals surface area contributed by atoms with E-state index in [-0.39, 0.29) is 16.9 Å². The molecule has 0 bridgehead atoms. The van der Waals surface area contributed by atoms with Crippen molar-refractivity contribution in [2.24, 2.45) is 0 Å². The Hall–Kier alpha value is -2.35. The molecule has 7 nitrogen and oxygen atoms in total. The fourth-order valence-corrected chi connectivity index (χ4v) is 4.23. The van der Waals surface area contributed by atoms with Crippen LogP contribution in [0.3, 0.4) is 0 Å². The molecule has 29 heavy (non-hydrogen) atoms. The zero-order chi connectivity index (χ0) is 21.4. The van der Waals surface area contributed by atoms with Gasteiger partial charge in [-0.1, -0.05) is 42.1 Å². The van der Waals surface area contributed by atoms with Crippen molar-refractivity contribution < 1.29 is 23.9 Å². The zero-order valence-corrected chi connectivity index (χ0v) is 17.9. The quantitative estimate of drug-likeness (QED) is 0.646. The van der Waals surface area contributed by atoms with Crippen molar-refractivity contribution in [2.75, 3.05) is 13.7 Å². The van der Waals surface area contributed by atoms with Gasteiger partial charge in [0.15, 0.2) is 5.12 Å². The third-order valence-electron chi connectivity index (χ3n) is 4.88. The summed E-state index contributed by atoms with van der Waals surface area (Å²) in [5, 5.41) is 1.98. The lowest BCUT2D eigenvalue weighted by Gasteiger charge is -2.27. The smallest absolute Gasteiger partial charge is 0.328 e. The first-order valence-corrected chi connectivity index (χ1v) is 10.6. The molecular formula is C21H28N2O5S. The maximum Gasteiger partial charge on any atom is 0.328 e. The number of hydrogen-bond acceptors (Lipinski definition) is 6. The van der Waals surface area contributed by atoms with E-state index in [4.69, 9.17) is 4.74 Å². The zero-order valence-electron chi connectivity index (χ0n) is 17.1. The fourth-order valence-electron chi connectivity index (χ4n) is 3.41. The maximum absolute atomic E-state index is 12.8. The van der Waals surface area contributed by atoms with Crippen molar-refractivity contribution in [3.8, 4) is 0 Å². The Kier molecular flexibility index (Phi) is 8.70. The summed E-state index contributed by atoms with van der Waals surface area (Å²) in [4.78, 5) is 50.5. The van der Waals surface area contributed by atoms with Crippen LogP contribution in [-0.4, -0.2) is 58.8 Å². The molecular weight excluding hydrogens is 392 g/mol. The van der Waals surface area contributed by atoms with Gasteiger partial charge in [-0.2, -0.15) is 0 Å². The molecule has 0 spiro atoms. The highest BCUT2D eigenvalue weighted by molar-refractivity contribution is 8.14. The van der Waals surface area contributed by atoms with Gasteiger partial charge in [-0.05, 0) is 38.2 Å². The number of nitrogens with zero attached hydrogens (tertiary/aromatic N) is 1. The molecule has 3 atom stereocenters. The first kappa shape index (κ1) is 22.9. The third kappa shape index (κ3) is 6.59. The Morgan fingerprint density at radius 3 is 2.55 bits per heavy atom. The number of carbonyl (C=O) groups is 4. The summed E-state index contributed by atoms with van der Waals surface area (Å²) in [6.07, 6.45) is 2.40. The molecule has 2 rings (SSSR count). The molecule has 2 amide bonds. The Morgan fingerprint density at radius 1 is 1.24 bits per heavy atom. The molecule has 1 aromatic rings. The summed E-state index contributed by atoms with van der Waals surface area (Å²) in [7, 11) is 1.30. The number of likely N-dealkylation sites (tertiary alicyclic amines) is 1. The first-order chi connectivity index (χ1) is 13.8. The van der Waals surface area contributed by atoms with Gasteiger partial charge in [-0.15, -0.1) is 0 Å². The largest absolute Gasteiger partial charge is 0.467 e. The Balaban J connectivity index is 1.98. The molecule has 1 fully saturated rings. The van der Waals surface area contributed by atoms with Crippen molar-refractivity contribution in [2.45, 2.75) is 56.9 Å². The summed E-state index contributed by atoms with van der Waals surface area (Å²) in [5.41, 5.74) is 1.08. The van der Waals surface area contributed by atoms with Gasteiger partial charge in [0.05, 0.1) is 12.4 Å². The van der Waals surface area contributed by atoms with Crippen LogP contribution < -0.4 is 5.32 Å². The molecule has 0 unspecified atom stereocenters. The standard InChI is InChI=1S/C21H28N2O5S/c1-14(20(26)23-13-7-10-17(23)21(27)28-3)22-19(25)18(29-15(2)24)12-11-16-8-5-4-6-9-16/h4-6,8-9,14,17-18H,7,10-13H2,1-3H3,(H,22,25)/t14-,17-,18+/m0/s1. The monoisotopic (exact) mass is 420 g/mol. The Bertz CT molecular complexity index is 740. The molecule has 1 heterocycles. The Labute approximate surface area is 175 Å². The number of carbonyl (C=O) groups excluding carboxylic acids is 4. The van der Waals surface area contributed by atoms with Crippen LogP contribution in [0.15, 0.2) is 30.3 Å². The minimum atomic E-state index is -0.792. The highest BCUT2D eigenvalue weighted by Gasteiger charge is 2.37. The first-order valence-electron chi connectivity index (χ1n) is 9.73. The minimum absolute atomic E-state index is 0.150. The maximum atomic E-state index is 12.8. The summed E-state index contributed by atoms with van der Waals surface area (Å²) in [6.45, 7) is 3.48.